The van der Waals surface area contributed by atoms with Crippen LogP contribution >= 0.6 is 0 Å². The Morgan fingerprint density at radius 3 is 2.55 bits per heavy atom. The van der Waals surface area contributed by atoms with Gasteiger partial charge in [0.15, 0.2) is 11.5 Å². The van der Waals surface area contributed by atoms with Crippen molar-refractivity contribution in [1.29, 1.82) is 5.26 Å². The topological polar surface area (TPSA) is 76.3 Å². The van der Waals surface area contributed by atoms with E-state index in [2.05, 4.69) is 25.8 Å². The van der Waals surface area contributed by atoms with Gasteiger partial charge >= 0.3 is 0 Å². The first-order valence-electron chi connectivity index (χ1n) is 7.16. The number of anilines is 1. The van der Waals surface area contributed by atoms with Crippen molar-refractivity contribution in [2.75, 3.05) is 31.1 Å². The summed E-state index contributed by atoms with van der Waals surface area (Å²) in [5.74, 6) is 0.704. The highest BCUT2D eigenvalue weighted by atomic mass is 16.3. The van der Waals surface area contributed by atoms with Crippen LogP contribution in [0.2, 0.25) is 0 Å². The molecular formula is C14H19N5O. The molecule has 1 aromatic rings. The number of nitriles is 1. The molecule has 6 heteroatoms. The van der Waals surface area contributed by atoms with Gasteiger partial charge in [0.1, 0.15) is 6.07 Å². The van der Waals surface area contributed by atoms with Gasteiger partial charge in [-0.25, -0.2) is 9.97 Å². The summed E-state index contributed by atoms with van der Waals surface area (Å²) >= 11 is 0. The maximum atomic E-state index is 9.62. The lowest BCUT2D eigenvalue weighted by atomic mass is 10.0. The zero-order valence-corrected chi connectivity index (χ0v) is 11.4. The molecule has 0 bridgehead atoms. The quantitative estimate of drug-likeness (QED) is 0.839. The first kappa shape index (κ1) is 13.3. The highest BCUT2D eigenvalue weighted by Crippen LogP contribution is 2.24. The molecule has 3 heterocycles. The number of aliphatic hydroxyl groups excluding tert-OH is 1. The van der Waals surface area contributed by atoms with Gasteiger partial charge in [0.2, 0.25) is 0 Å². The van der Waals surface area contributed by atoms with Gasteiger partial charge in [-0.3, -0.25) is 4.90 Å². The first-order chi connectivity index (χ1) is 9.78. The highest BCUT2D eigenvalue weighted by molar-refractivity contribution is 5.49. The van der Waals surface area contributed by atoms with Crippen LogP contribution in [0.5, 0.6) is 0 Å². The standard InChI is InChI=1S/C14H19N5O/c15-9-13-14(17-5-4-16-13)18-6-1-11(2-7-18)19-8-3-12(20)10-19/h4-5,11-12,20H,1-3,6-8,10H2. The smallest absolute Gasteiger partial charge is 0.183 e. The SMILES string of the molecule is N#Cc1nccnc1N1CCC(N2CCC(O)C2)CC1. The molecular weight excluding hydrogens is 254 g/mol. The van der Waals surface area contributed by atoms with E-state index in [1.807, 2.05) is 0 Å². The predicted octanol–water partition coefficient (Wildman–Crippen LogP) is 0.384. The Morgan fingerprint density at radius 1 is 1.15 bits per heavy atom. The minimum absolute atomic E-state index is 0.154. The highest BCUT2D eigenvalue weighted by Gasteiger charge is 2.30. The van der Waals surface area contributed by atoms with Crippen molar-refractivity contribution in [2.24, 2.45) is 0 Å². The van der Waals surface area contributed by atoms with Gasteiger partial charge in [0, 0.05) is 44.6 Å². The summed E-state index contributed by atoms with van der Waals surface area (Å²) in [6.45, 7) is 3.59. The van der Waals surface area contributed by atoms with Crippen molar-refractivity contribution >= 4 is 5.82 Å². The summed E-state index contributed by atoms with van der Waals surface area (Å²) in [6.07, 6.45) is 6.03. The second kappa shape index (κ2) is 5.73. The molecule has 1 atom stereocenters. The fraction of sp³-hybridized carbons (Fsp3) is 0.643. The van der Waals surface area contributed by atoms with E-state index in [0.29, 0.717) is 17.6 Å². The van der Waals surface area contributed by atoms with Gasteiger partial charge in [-0.1, -0.05) is 0 Å². The van der Waals surface area contributed by atoms with Gasteiger partial charge in [0.25, 0.3) is 0 Å². The summed E-state index contributed by atoms with van der Waals surface area (Å²) in [7, 11) is 0. The lowest BCUT2D eigenvalue weighted by Crippen LogP contribution is -2.44. The zero-order chi connectivity index (χ0) is 13.9. The molecule has 6 nitrogen and oxygen atoms in total. The number of aliphatic hydroxyl groups is 1. The van der Waals surface area contributed by atoms with Crippen LogP contribution in [0.15, 0.2) is 12.4 Å². The first-order valence-corrected chi connectivity index (χ1v) is 7.16. The molecule has 2 aliphatic heterocycles. The van der Waals surface area contributed by atoms with Crippen LogP contribution in [0.3, 0.4) is 0 Å². The Kier molecular flexibility index (Phi) is 3.81. The summed E-state index contributed by atoms with van der Waals surface area (Å²) < 4.78 is 0. The summed E-state index contributed by atoms with van der Waals surface area (Å²) in [6, 6.07) is 2.65. The molecule has 2 aliphatic rings. The Balaban J connectivity index is 1.63. The summed E-state index contributed by atoms with van der Waals surface area (Å²) in [5, 5.41) is 18.7. The number of β-amino-alcohol motifs (C(OH)–C–C–N with tert-alkyl or cyclic N) is 1. The molecule has 1 aromatic heterocycles. The van der Waals surface area contributed by atoms with Crippen LogP contribution in [0.25, 0.3) is 0 Å². The van der Waals surface area contributed by atoms with Crippen molar-refractivity contribution < 1.29 is 5.11 Å². The monoisotopic (exact) mass is 273 g/mol. The molecule has 1 N–H and O–H groups in total. The lowest BCUT2D eigenvalue weighted by Gasteiger charge is -2.37. The van der Waals surface area contributed by atoms with E-state index in [0.717, 1.165) is 45.4 Å². The van der Waals surface area contributed by atoms with E-state index in [9.17, 15) is 5.11 Å². The molecule has 3 rings (SSSR count). The lowest BCUT2D eigenvalue weighted by molar-refractivity contribution is 0.148. The molecule has 2 saturated heterocycles. The third-order valence-corrected chi connectivity index (χ3v) is 4.26. The average molecular weight is 273 g/mol. The summed E-state index contributed by atoms with van der Waals surface area (Å²) in [5.41, 5.74) is 0.405. The van der Waals surface area contributed by atoms with Gasteiger partial charge in [-0.05, 0) is 19.3 Å². The Morgan fingerprint density at radius 2 is 1.90 bits per heavy atom. The summed E-state index contributed by atoms with van der Waals surface area (Å²) in [4.78, 5) is 12.9. The van der Waals surface area contributed by atoms with E-state index < -0.39 is 0 Å². The minimum atomic E-state index is -0.154. The third kappa shape index (κ3) is 2.60. The molecule has 106 valence electrons. The van der Waals surface area contributed by atoms with Crippen molar-refractivity contribution in [2.45, 2.75) is 31.4 Å². The van der Waals surface area contributed by atoms with Crippen LogP contribution in [0.4, 0.5) is 5.82 Å². The molecule has 2 fully saturated rings. The predicted molar refractivity (Wildman–Crippen MR) is 74.2 cm³/mol. The fourth-order valence-corrected chi connectivity index (χ4v) is 3.18. The van der Waals surface area contributed by atoms with Crippen molar-refractivity contribution in [3.8, 4) is 6.07 Å². The van der Waals surface area contributed by atoms with Crippen LogP contribution in [0, 0.1) is 11.3 Å². The number of hydrogen-bond donors (Lipinski definition) is 1. The number of nitrogens with zero attached hydrogens (tertiary/aromatic N) is 5. The normalized spacial score (nSPS) is 24.8. The number of likely N-dealkylation sites (tertiary alicyclic amines) is 1. The Hall–Kier alpha value is -1.71. The van der Waals surface area contributed by atoms with Crippen molar-refractivity contribution in [1.82, 2.24) is 14.9 Å². The van der Waals surface area contributed by atoms with Gasteiger partial charge < -0.3 is 10.0 Å². The van der Waals surface area contributed by atoms with Crippen LogP contribution in [-0.2, 0) is 0 Å². The Labute approximate surface area is 118 Å². The second-order valence-corrected chi connectivity index (χ2v) is 5.50. The molecule has 20 heavy (non-hydrogen) atoms. The van der Waals surface area contributed by atoms with Crippen LogP contribution < -0.4 is 4.90 Å². The zero-order valence-electron chi connectivity index (χ0n) is 11.4. The molecule has 0 aromatic carbocycles. The van der Waals surface area contributed by atoms with E-state index in [-0.39, 0.29) is 6.10 Å². The van der Waals surface area contributed by atoms with Crippen molar-refractivity contribution in [3.05, 3.63) is 18.1 Å². The third-order valence-electron chi connectivity index (χ3n) is 4.26. The maximum absolute atomic E-state index is 9.62. The maximum Gasteiger partial charge on any atom is 0.183 e. The van der Waals surface area contributed by atoms with E-state index >= 15 is 0 Å². The fourth-order valence-electron chi connectivity index (χ4n) is 3.18. The Bertz CT molecular complexity index is 507. The molecule has 0 aliphatic carbocycles. The van der Waals surface area contributed by atoms with E-state index in [1.54, 1.807) is 12.4 Å². The second-order valence-electron chi connectivity index (χ2n) is 5.50. The van der Waals surface area contributed by atoms with Gasteiger partial charge in [-0.2, -0.15) is 5.26 Å². The minimum Gasteiger partial charge on any atom is -0.392 e. The van der Waals surface area contributed by atoms with Gasteiger partial charge in [-0.15, -0.1) is 0 Å². The number of rotatable bonds is 2. The molecule has 0 radical (unpaired) electrons. The van der Waals surface area contributed by atoms with E-state index in [1.165, 1.54) is 0 Å². The molecule has 0 amide bonds. The van der Waals surface area contributed by atoms with E-state index in [4.69, 9.17) is 5.26 Å². The van der Waals surface area contributed by atoms with Crippen molar-refractivity contribution in [3.63, 3.8) is 0 Å². The average Bonchev–Trinajstić information content (AvgIpc) is 2.94. The number of hydrogen-bond acceptors (Lipinski definition) is 6. The molecule has 0 saturated carbocycles. The largest absolute Gasteiger partial charge is 0.392 e. The number of piperidine rings is 1. The molecule has 0 spiro atoms. The van der Waals surface area contributed by atoms with Gasteiger partial charge in [0.05, 0.1) is 6.10 Å². The number of aromatic nitrogens is 2. The van der Waals surface area contributed by atoms with Crippen LogP contribution in [0.1, 0.15) is 25.0 Å². The van der Waals surface area contributed by atoms with Crippen LogP contribution in [-0.4, -0.2) is 58.3 Å². The molecule has 1 unspecified atom stereocenters.